The van der Waals surface area contributed by atoms with Crippen LogP contribution in [0.15, 0.2) is 139 Å². The summed E-state index contributed by atoms with van der Waals surface area (Å²) in [4.78, 5) is 2.29. The van der Waals surface area contributed by atoms with Gasteiger partial charge in [-0.15, -0.1) is 0 Å². The van der Waals surface area contributed by atoms with Gasteiger partial charge in [-0.05, 0) is 85.1 Å². The van der Waals surface area contributed by atoms with E-state index >= 15 is 0 Å². The second-order valence-corrected chi connectivity index (χ2v) is 9.98. The van der Waals surface area contributed by atoms with Crippen molar-refractivity contribution in [2.75, 3.05) is 4.90 Å². The molecular formula is C38H38N2O2. The zero-order valence-electron chi connectivity index (χ0n) is 24.6. The molecule has 0 radical (unpaired) electrons. The van der Waals surface area contributed by atoms with Gasteiger partial charge in [-0.3, -0.25) is 0 Å². The lowest BCUT2D eigenvalue weighted by Gasteiger charge is -2.35. The van der Waals surface area contributed by atoms with E-state index in [-0.39, 0.29) is 0 Å². The number of ether oxygens (including phenoxy) is 2. The van der Waals surface area contributed by atoms with E-state index in [1.807, 2.05) is 75.4 Å². The molecule has 2 N–H and O–H groups in total. The Balaban J connectivity index is 0.00000173. The fourth-order valence-electron chi connectivity index (χ4n) is 5.07. The van der Waals surface area contributed by atoms with Gasteiger partial charge >= 0.3 is 0 Å². The number of hydrogen-bond acceptors (Lipinski definition) is 4. The third-order valence-electron chi connectivity index (χ3n) is 7.21. The molecule has 4 aromatic rings. The first kappa shape index (κ1) is 28.6. The summed E-state index contributed by atoms with van der Waals surface area (Å²) in [6, 6.07) is 33.0. The molecule has 4 heteroatoms. The Morgan fingerprint density at radius 3 is 2.38 bits per heavy atom. The first-order valence-corrected chi connectivity index (χ1v) is 14.7. The van der Waals surface area contributed by atoms with Crippen molar-refractivity contribution >= 4 is 17.5 Å². The maximum absolute atomic E-state index is 6.24. The highest BCUT2D eigenvalue weighted by atomic mass is 16.5. The Labute approximate surface area is 249 Å². The molecule has 0 unspecified atom stereocenters. The summed E-state index contributed by atoms with van der Waals surface area (Å²) in [5.41, 5.74) is 13.6. The van der Waals surface area contributed by atoms with Crippen molar-refractivity contribution in [1.29, 1.82) is 0 Å². The normalized spacial score (nSPS) is 14.1. The smallest absolute Gasteiger partial charge is 0.151 e. The Hall–Kier alpha value is -4.96. The van der Waals surface area contributed by atoms with Crippen LogP contribution in [0.2, 0.25) is 0 Å². The molecule has 0 spiro atoms. The number of aryl methyl sites for hydroxylation is 1. The third-order valence-corrected chi connectivity index (χ3v) is 7.21. The number of nitrogens with two attached hydrogens (primary N) is 1. The van der Waals surface area contributed by atoms with Crippen molar-refractivity contribution in [2.24, 2.45) is 5.73 Å². The van der Waals surface area contributed by atoms with E-state index in [0.29, 0.717) is 0 Å². The number of para-hydroxylation sites is 4. The number of anilines is 2. The summed E-state index contributed by atoms with van der Waals surface area (Å²) in [6.07, 6.45) is 12.8. The number of rotatable bonds is 7. The average Bonchev–Trinajstić information content (AvgIpc) is 3.05. The summed E-state index contributed by atoms with van der Waals surface area (Å²) >= 11 is 0. The molecule has 1 aliphatic heterocycles. The predicted octanol–water partition coefficient (Wildman–Crippen LogP) is 10.0. The second kappa shape index (κ2) is 13.6. The summed E-state index contributed by atoms with van der Waals surface area (Å²) in [5, 5.41) is 0. The van der Waals surface area contributed by atoms with E-state index in [1.165, 1.54) is 5.56 Å². The average molecular weight is 555 g/mol. The van der Waals surface area contributed by atoms with E-state index in [0.717, 1.165) is 76.0 Å². The van der Waals surface area contributed by atoms with Crippen LogP contribution in [0.3, 0.4) is 0 Å². The molecule has 0 aromatic heterocycles. The van der Waals surface area contributed by atoms with Gasteiger partial charge in [0.25, 0.3) is 0 Å². The number of hydrogen-bond donors (Lipinski definition) is 1. The Kier molecular flexibility index (Phi) is 9.25. The zero-order valence-corrected chi connectivity index (χ0v) is 24.6. The van der Waals surface area contributed by atoms with E-state index in [1.54, 1.807) is 6.20 Å². The highest BCUT2D eigenvalue weighted by molar-refractivity contribution is 5.77. The van der Waals surface area contributed by atoms with Crippen molar-refractivity contribution < 1.29 is 9.47 Å². The first-order chi connectivity index (χ1) is 20.7. The van der Waals surface area contributed by atoms with Crippen molar-refractivity contribution in [3.05, 3.63) is 155 Å². The largest absolute Gasteiger partial charge is 0.457 e. The van der Waals surface area contributed by atoms with E-state index < -0.39 is 0 Å². The summed E-state index contributed by atoms with van der Waals surface area (Å²) in [5.74, 6) is 3.58. The summed E-state index contributed by atoms with van der Waals surface area (Å²) in [7, 11) is 0. The minimum atomic E-state index is 0.724. The van der Waals surface area contributed by atoms with E-state index in [9.17, 15) is 0 Å². The molecule has 0 amide bonds. The molecule has 1 heterocycles. The van der Waals surface area contributed by atoms with E-state index in [4.69, 9.17) is 15.2 Å². The van der Waals surface area contributed by atoms with Gasteiger partial charge in [0.2, 0.25) is 0 Å². The third kappa shape index (κ3) is 6.34. The lowest BCUT2D eigenvalue weighted by molar-refractivity contribution is 0.388. The fraction of sp³-hybridized carbons (Fsp3) is 0.158. The van der Waals surface area contributed by atoms with Gasteiger partial charge in [-0.2, -0.15) is 0 Å². The van der Waals surface area contributed by atoms with E-state index in [2.05, 4.69) is 71.7 Å². The number of allylic oxidation sites excluding steroid dienone is 5. The maximum Gasteiger partial charge on any atom is 0.151 e. The monoisotopic (exact) mass is 554 g/mol. The first-order valence-electron chi connectivity index (χ1n) is 14.7. The summed E-state index contributed by atoms with van der Waals surface area (Å²) < 4.78 is 12.5. The zero-order chi connectivity index (χ0) is 29.3. The van der Waals surface area contributed by atoms with Crippen LogP contribution in [0.1, 0.15) is 43.4 Å². The standard InChI is InChI=1S/C36H32N2O2.C2H6/c1-26-10-2-6-14-33(26)39-34-15-7-3-11-29(34)21-18-28(25-37)24-27-19-22-30(23-20-27)38-31-12-4-8-16-35(31)40-36-17-9-5-13-32(36)38;1-2/h2-8,10-16,18-23,25H,9,17,24,37H2,1H3;1-2H3/b21-18-,28-25+;. The SMILES string of the molecule is CC.Cc1ccccc1Oc1ccccc1/C=C\C(=C/N)Cc1ccc(N2C3=C(CCC=C3)Oc3ccccc32)cc1. The van der Waals surface area contributed by atoms with Crippen molar-refractivity contribution in [3.8, 4) is 17.2 Å². The van der Waals surface area contributed by atoms with Crippen LogP contribution < -0.4 is 20.1 Å². The van der Waals surface area contributed by atoms with Gasteiger partial charge < -0.3 is 20.1 Å². The molecule has 4 aromatic carbocycles. The van der Waals surface area contributed by atoms with Crippen LogP contribution in [-0.4, -0.2) is 0 Å². The van der Waals surface area contributed by atoms with Crippen molar-refractivity contribution in [2.45, 2.75) is 40.0 Å². The minimum Gasteiger partial charge on any atom is -0.457 e. The topological polar surface area (TPSA) is 47.7 Å². The molecule has 4 nitrogen and oxygen atoms in total. The molecule has 0 bridgehead atoms. The number of benzene rings is 4. The van der Waals surface area contributed by atoms with Gasteiger partial charge in [-0.25, -0.2) is 0 Å². The molecule has 212 valence electrons. The molecular weight excluding hydrogens is 516 g/mol. The van der Waals surface area contributed by atoms with Gasteiger partial charge in [0, 0.05) is 17.7 Å². The van der Waals surface area contributed by atoms with Crippen molar-refractivity contribution in [1.82, 2.24) is 0 Å². The minimum absolute atomic E-state index is 0.724. The van der Waals surface area contributed by atoms with Gasteiger partial charge in [0.15, 0.2) is 5.75 Å². The molecule has 0 saturated carbocycles. The van der Waals surface area contributed by atoms with Gasteiger partial charge in [-0.1, -0.05) is 92.7 Å². The quantitative estimate of drug-likeness (QED) is 0.231. The Morgan fingerprint density at radius 2 is 1.60 bits per heavy atom. The summed E-state index contributed by atoms with van der Waals surface area (Å²) in [6.45, 7) is 6.05. The van der Waals surface area contributed by atoms with Crippen LogP contribution in [0.4, 0.5) is 11.4 Å². The van der Waals surface area contributed by atoms with Gasteiger partial charge in [0.05, 0.1) is 11.4 Å². The maximum atomic E-state index is 6.24. The number of nitrogens with zero attached hydrogens (tertiary/aromatic N) is 1. The fourth-order valence-corrected chi connectivity index (χ4v) is 5.07. The van der Waals surface area contributed by atoms with Gasteiger partial charge in [0.1, 0.15) is 17.3 Å². The van der Waals surface area contributed by atoms with Crippen LogP contribution in [-0.2, 0) is 6.42 Å². The van der Waals surface area contributed by atoms with Crippen LogP contribution >= 0.6 is 0 Å². The molecule has 0 saturated heterocycles. The lowest BCUT2D eigenvalue weighted by Crippen LogP contribution is -2.24. The van der Waals surface area contributed by atoms with Crippen LogP contribution in [0.25, 0.3) is 6.08 Å². The highest BCUT2D eigenvalue weighted by Crippen LogP contribution is 2.44. The Bertz CT molecular complexity index is 1640. The highest BCUT2D eigenvalue weighted by Gasteiger charge is 2.27. The molecule has 2 aliphatic rings. The molecule has 6 rings (SSSR count). The van der Waals surface area contributed by atoms with Crippen LogP contribution in [0.5, 0.6) is 17.2 Å². The second-order valence-electron chi connectivity index (χ2n) is 9.98. The van der Waals surface area contributed by atoms with Crippen LogP contribution in [0, 0.1) is 6.92 Å². The molecule has 0 atom stereocenters. The molecule has 42 heavy (non-hydrogen) atoms. The number of fused-ring (bicyclic) bond motifs is 1. The predicted molar refractivity (Wildman–Crippen MR) is 175 cm³/mol. The molecule has 0 fully saturated rings. The van der Waals surface area contributed by atoms with Crippen molar-refractivity contribution in [3.63, 3.8) is 0 Å². The Morgan fingerprint density at radius 1 is 0.881 bits per heavy atom. The lowest BCUT2D eigenvalue weighted by atomic mass is 10.0. The molecule has 1 aliphatic carbocycles.